The lowest BCUT2D eigenvalue weighted by atomic mass is 9.46. The molecule has 0 atom stereocenters. The van der Waals surface area contributed by atoms with Gasteiger partial charge in [-0.2, -0.15) is 0 Å². The fourth-order valence-electron chi connectivity index (χ4n) is 10.7. The second-order valence-corrected chi connectivity index (χ2v) is 22.9. The average Bonchev–Trinajstić information content (AvgIpc) is 3.74. The lowest BCUT2D eigenvalue weighted by Crippen LogP contribution is -2.60. The molecule has 0 N–H and O–H groups in total. The van der Waals surface area contributed by atoms with Gasteiger partial charge >= 0.3 is 6.85 Å². The number of anilines is 5. The average molecular weight is 837 g/mol. The molecule has 1 aromatic heterocycles. The molecule has 0 fully saturated rings. The molecule has 312 valence electrons. The molecule has 11 rings (SSSR count). The monoisotopic (exact) mass is 836 g/mol. The summed E-state index contributed by atoms with van der Waals surface area (Å²) in [4.78, 5) is 5.39. The van der Waals surface area contributed by atoms with Gasteiger partial charge in [-0.1, -0.05) is 173 Å². The Balaban J connectivity index is 1.29. The SMILES string of the molecule is CC(C)(C)c1ccc(N2B3c4sc5ccccc5c4N(c4ccc(C(C)(C)C)cc4-c4ccccc4)c4cc(C(C)(C)C)cc(c43)-c3cc4c(cc32)-c2ccccc2C4(C)C)cc1. The van der Waals surface area contributed by atoms with Crippen molar-refractivity contribution >= 4 is 66.9 Å². The van der Waals surface area contributed by atoms with E-state index in [9.17, 15) is 0 Å². The van der Waals surface area contributed by atoms with Gasteiger partial charge in [0.25, 0.3) is 0 Å². The van der Waals surface area contributed by atoms with Crippen molar-refractivity contribution in [3.63, 3.8) is 0 Å². The Bertz CT molecular complexity index is 3150. The Morgan fingerprint density at radius 2 is 1.11 bits per heavy atom. The normalized spacial score (nSPS) is 14.9. The Kier molecular flexibility index (Phi) is 8.62. The van der Waals surface area contributed by atoms with E-state index < -0.39 is 0 Å². The summed E-state index contributed by atoms with van der Waals surface area (Å²) >= 11 is 1.97. The molecule has 3 heterocycles. The third-order valence-corrected chi connectivity index (χ3v) is 15.5. The minimum absolute atomic E-state index is 0.0128. The number of hydrogen-bond acceptors (Lipinski definition) is 3. The van der Waals surface area contributed by atoms with Crippen LogP contribution in [0.25, 0.3) is 43.5 Å². The summed E-state index contributed by atoms with van der Waals surface area (Å²) in [5.74, 6) is 0. The van der Waals surface area contributed by atoms with Crippen LogP contribution >= 0.6 is 11.3 Å². The van der Waals surface area contributed by atoms with Gasteiger partial charge in [-0.15, -0.1) is 11.3 Å². The molecule has 4 heteroatoms. The maximum Gasteiger partial charge on any atom is 0.343 e. The van der Waals surface area contributed by atoms with Crippen LogP contribution < -0.4 is 20.0 Å². The van der Waals surface area contributed by atoms with Gasteiger partial charge in [0.05, 0.1) is 11.4 Å². The molecule has 0 amide bonds. The molecule has 63 heavy (non-hydrogen) atoms. The zero-order valence-corrected chi connectivity index (χ0v) is 39.6. The van der Waals surface area contributed by atoms with Gasteiger partial charge in [-0.25, -0.2) is 0 Å². The summed E-state index contributed by atoms with van der Waals surface area (Å²) in [5.41, 5.74) is 22.1. The van der Waals surface area contributed by atoms with Gasteiger partial charge in [0.1, 0.15) is 0 Å². The van der Waals surface area contributed by atoms with Crippen LogP contribution in [-0.4, -0.2) is 6.85 Å². The fourth-order valence-corrected chi connectivity index (χ4v) is 12.0. The third-order valence-electron chi connectivity index (χ3n) is 14.3. The molecule has 0 bridgehead atoms. The van der Waals surface area contributed by atoms with Gasteiger partial charge in [-0.3, -0.25) is 0 Å². The summed E-state index contributed by atoms with van der Waals surface area (Å²) in [5, 5.41) is 1.29. The standard InChI is InChI=1S/C59H57BN2S/c1-56(2,3)37-25-28-40(29-26-37)62-50-35-44-41-21-15-17-23-47(41)59(10,11)48(44)34-45(50)46-32-39(58(7,8)9)33-51-53(46)60(62)55-54(42-22-16-18-24-52(42)63-55)61(51)49-30-27-38(57(4,5)6)31-43(49)36-19-13-12-14-20-36/h12-35H,1-11H3. The van der Waals surface area contributed by atoms with Crippen LogP contribution in [0.3, 0.4) is 0 Å². The quantitative estimate of drug-likeness (QED) is 0.164. The van der Waals surface area contributed by atoms with E-state index in [1.165, 1.54) is 110 Å². The minimum atomic E-state index is -0.136. The molecule has 8 aromatic rings. The van der Waals surface area contributed by atoms with Gasteiger partial charge in [0.15, 0.2) is 0 Å². The lowest BCUT2D eigenvalue weighted by molar-refractivity contribution is 0.590. The number of thiophene rings is 1. The molecular weight excluding hydrogens is 780 g/mol. The van der Waals surface area contributed by atoms with E-state index in [-0.39, 0.29) is 28.5 Å². The maximum absolute atomic E-state index is 2.71. The summed E-state index contributed by atoms with van der Waals surface area (Å²) in [6.45, 7) is 25.8. The zero-order valence-electron chi connectivity index (χ0n) is 38.7. The summed E-state index contributed by atoms with van der Waals surface area (Å²) in [7, 11) is 0. The summed E-state index contributed by atoms with van der Waals surface area (Å²) in [6, 6.07) is 56.3. The Hall–Kier alpha value is -5.84. The number of hydrogen-bond donors (Lipinski definition) is 0. The van der Waals surface area contributed by atoms with E-state index in [4.69, 9.17) is 0 Å². The second-order valence-electron chi connectivity index (χ2n) is 21.9. The van der Waals surface area contributed by atoms with Crippen molar-refractivity contribution in [3.8, 4) is 33.4 Å². The van der Waals surface area contributed by atoms with Crippen LogP contribution in [0.2, 0.25) is 0 Å². The first-order chi connectivity index (χ1) is 29.9. The maximum atomic E-state index is 2.71. The van der Waals surface area contributed by atoms with Crippen LogP contribution in [-0.2, 0) is 21.7 Å². The fraction of sp³-hybridized carbons (Fsp3) is 0.254. The summed E-state index contributed by atoms with van der Waals surface area (Å²) in [6.07, 6.45) is 0. The molecule has 0 saturated heterocycles. The smallest absolute Gasteiger partial charge is 0.343 e. The van der Waals surface area contributed by atoms with Gasteiger partial charge in [0, 0.05) is 48.5 Å². The number of benzene rings is 7. The van der Waals surface area contributed by atoms with E-state index in [1.54, 1.807) is 0 Å². The highest BCUT2D eigenvalue weighted by Crippen LogP contribution is 2.56. The van der Waals surface area contributed by atoms with E-state index >= 15 is 0 Å². The van der Waals surface area contributed by atoms with Crippen molar-refractivity contribution in [3.05, 3.63) is 173 Å². The number of rotatable bonds is 3. The Morgan fingerprint density at radius 3 is 1.83 bits per heavy atom. The van der Waals surface area contributed by atoms with Gasteiger partial charge in [0.2, 0.25) is 0 Å². The lowest BCUT2D eigenvalue weighted by Gasteiger charge is -2.46. The van der Waals surface area contributed by atoms with E-state index in [1.807, 2.05) is 11.3 Å². The molecule has 0 unspecified atom stereocenters. The first-order valence-electron chi connectivity index (χ1n) is 22.8. The van der Waals surface area contributed by atoms with Crippen molar-refractivity contribution in [2.45, 2.75) is 97.8 Å². The molecule has 1 aliphatic carbocycles. The van der Waals surface area contributed by atoms with Crippen molar-refractivity contribution in [1.29, 1.82) is 0 Å². The van der Waals surface area contributed by atoms with E-state index in [2.05, 4.69) is 231 Å². The van der Waals surface area contributed by atoms with Crippen molar-refractivity contribution < 1.29 is 0 Å². The molecule has 3 aliphatic rings. The molecule has 7 aromatic carbocycles. The van der Waals surface area contributed by atoms with Crippen molar-refractivity contribution in [2.75, 3.05) is 9.71 Å². The minimum Gasteiger partial charge on any atom is -0.376 e. The largest absolute Gasteiger partial charge is 0.376 e. The van der Waals surface area contributed by atoms with E-state index in [0.717, 1.165) is 0 Å². The van der Waals surface area contributed by atoms with Crippen LogP contribution in [0, 0.1) is 0 Å². The molecule has 0 saturated carbocycles. The van der Waals surface area contributed by atoms with E-state index in [0.29, 0.717) is 0 Å². The molecule has 0 spiro atoms. The van der Waals surface area contributed by atoms with Crippen LogP contribution in [0.5, 0.6) is 0 Å². The zero-order chi connectivity index (χ0) is 44.0. The highest BCUT2D eigenvalue weighted by molar-refractivity contribution is 7.32. The predicted molar refractivity (Wildman–Crippen MR) is 275 cm³/mol. The van der Waals surface area contributed by atoms with Crippen LogP contribution in [0.15, 0.2) is 146 Å². The Labute approximate surface area is 379 Å². The number of fused-ring (bicyclic) bond motifs is 9. The molecular formula is C59H57BN2S. The predicted octanol–water partition coefficient (Wildman–Crippen LogP) is 15.5. The van der Waals surface area contributed by atoms with Crippen molar-refractivity contribution in [1.82, 2.24) is 0 Å². The highest BCUT2D eigenvalue weighted by Gasteiger charge is 2.49. The van der Waals surface area contributed by atoms with Crippen LogP contribution in [0.4, 0.5) is 28.4 Å². The third kappa shape index (κ3) is 6.04. The molecule has 0 radical (unpaired) electrons. The van der Waals surface area contributed by atoms with Crippen LogP contribution in [0.1, 0.15) is 104 Å². The summed E-state index contributed by atoms with van der Waals surface area (Å²) < 4.78 is 2.68. The van der Waals surface area contributed by atoms with Gasteiger partial charge < -0.3 is 9.71 Å². The topological polar surface area (TPSA) is 6.48 Å². The van der Waals surface area contributed by atoms with Gasteiger partial charge in [-0.05, 0) is 120 Å². The molecule has 2 aliphatic heterocycles. The first kappa shape index (κ1) is 40.0. The molecule has 2 nitrogen and oxygen atoms in total. The Morgan fingerprint density at radius 1 is 0.476 bits per heavy atom. The van der Waals surface area contributed by atoms with Crippen molar-refractivity contribution in [2.24, 2.45) is 0 Å². The number of nitrogens with zero attached hydrogens (tertiary/aromatic N) is 2. The second kappa shape index (κ2) is 13.6. The first-order valence-corrected chi connectivity index (χ1v) is 23.6. The highest BCUT2D eigenvalue weighted by atomic mass is 32.1.